The number of rotatable bonds is 4. The molecule has 1 saturated carbocycles. The first-order valence-corrected chi connectivity index (χ1v) is 8.96. The second-order valence-corrected chi connectivity index (χ2v) is 7.01. The maximum atomic E-state index is 12.3. The predicted octanol–water partition coefficient (Wildman–Crippen LogP) is 3.14. The molecule has 1 aromatic rings. The number of carbonyl (C=O) groups is 1. The number of para-hydroxylation sites is 2. The summed E-state index contributed by atoms with van der Waals surface area (Å²) >= 11 is 0. The van der Waals surface area contributed by atoms with E-state index in [0.717, 1.165) is 42.4 Å². The second kappa shape index (κ2) is 6.85. The van der Waals surface area contributed by atoms with Gasteiger partial charge in [-0.1, -0.05) is 18.2 Å². The molecule has 2 amide bonds. The Labute approximate surface area is 143 Å². The first-order chi connectivity index (χ1) is 11.8. The zero-order valence-corrected chi connectivity index (χ0v) is 14.0. The van der Waals surface area contributed by atoms with Crippen molar-refractivity contribution in [3.05, 3.63) is 35.9 Å². The van der Waals surface area contributed by atoms with Crippen LogP contribution in [-0.2, 0) is 4.74 Å². The van der Waals surface area contributed by atoms with E-state index >= 15 is 0 Å². The van der Waals surface area contributed by atoms with Crippen molar-refractivity contribution in [2.45, 2.75) is 31.7 Å². The molecule has 1 aromatic carbocycles. The Hall–Kier alpha value is -2.01. The fraction of sp³-hybridized carbons (Fsp3) is 0.526. The van der Waals surface area contributed by atoms with Gasteiger partial charge in [-0.25, -0.2) is 4.79 Å². The molecule has 2 atom stereocenters. The fourth-order valence-electron chi connectivity index (χ4n) is 4.14. The van der Waals surface area contributed by atoms with E-state index in [1.165, 1.54) is 19.3 Å². The minimum absolute atomic E-state index is 0.154. The molecule has 2 aliphatic heterocycles. The van der Waals surface area contributed by atoms with E-state index in [9.17, 15) is 4.79 Å². The molecular weight excluding hydrogens is 302 g/mol. The predicted molar refractivity (Wildman–Crippen MR) is 95.5 cm³/mol. The minimum atomic E-state index is -0.154. The summed E-state index contributed by atoms with van der Waals surface area (Å²) in [5.41, 5.74) is 3.19. The molecular formula is C19H25N3O2. The van der Waals surface area contributed by atoms with Crippen molar-refractivity contribution in [2.24, 2.45) is 5.92 Å². The lowest BCUT2D eigenvalue weighted by Crippen LogP contribution is -2.35. The summed E-state index contributed by atoms with van der Waals surface area (Å²) in [7, 11) is 0. The van der Waals surface area contributed by atoms with E-state index in [2.05, 4.69) is 33.7 Å². The number of nitrogens with one attached hydrogen (secondary N) is 2. The summed E-state index contributed by atoms with van der Waals surface area (Å²) in [5.74, 6) is 0.829. The van der Waals surface area contributed by atoms with Crippen molar-refractivity contribution in [1.29, 1.82) is 0 Å². The molecule has 2 bridgehead atoms. The quantitative estimate of drug-likeness (QED) is 0.835. The molecule has 0 aromatic heterocycles. The lowest BCUT2D eigenvalue weighted by molar-refractivity contribution is 0.149. The van der Waals surface area contributed by atoms with Crippen LogP contribution in [-0.4, -0.2) is 38.4 Å². The van der Waals surface area contributed by atoms with Gasteiger partial charge in [0.25, 0.3) is 0 Å². The van der Waals surface area contributed by atoms with E-state index in [0.29, 0.717) is 19.2 Å². The van der Waals surface area contributed by atoms with Gasteiger partial charge in [-0.3, -0.25) is 0 Å². The molecule has 3 aliphatic rings. The monoisotopic (exact) mass is 327 g/mol. The Morgan fingerprint density at radius 2 is 2.21 bits per heavy atom. The first-order valence-electron chi connectivity index (χ1n) is 8.96. The number of amides is 2. The molecule has 5 heteroatoms. The number of piperidine rings is 1. The molecule has 0 radical (unpaired) electrons. The third-order valence-electron chi connectivity index (χ3n) is 5.33. The summed E-state index contributed by atoms with van der Waals surface area (Å²) in [4.78, 5) is 14.7. The lowest BCUT2D eigenvalue weighted by Gasteiger charge is -2.31. The van der Waals surface area contributed by atoms with Crippen molar-refractivity contribution in [3.8, 4) is 0 Å². The third-order valence-corrected chi connectivity index (χ3v) is 5.33. The average Bonchev–Trinajstić information content (AvgIpc) is 3.25. The number of hydrogen-bond donors (Lipinski definition) is 2. The number of fused-ring (bicyclic) bond motifs is 2. The van der Waals surface area contributed by atoms with Crippen molar-refractivity contribution >= 4 is 17.4 Å². The van der Waals surface area contributed by atoms with Crippen LogP contribution in [0.2, 0.25) is 0 Å². The Morgan fingerprint density at radius 3 is 2.96 bits per heavy atom. The number of benzene rings is 1. The highest BCUT2D eigenvalue weighted by molar-refractivity contribution is 5.93. The van der Waals surface area contributed by atoms with Gasteiger partial charge < -0.3 is 20.3 Å². The van der Waals surface area contributed by atoms with Gasteiger partial charge in [-0.05, 0) is 49.3 Å². The van der Waals surface area contributed by atoms with E-state index in [-0.39, 0.29) is 6.03 Å². The smallest absolute Gasteiger partial charge is 0.319 e. The number of carbonyl (C=O) groups excluding carboxylic acids is 1. The van der Waals surface area contributed by atoms with E-state index in [4.69, 9.17) is 4.74 Å². The van der Waals surface area contributed by atoms with E-state index in [1.807, 2.05) is 12.1 Å². The molecule has 4 rings (SSSR count). The third kappa shape index (κ3) is 3.26. The highest BCUT2D eigenvalue weighted by Gasteiger charge is 2.38. The summed E-state index contributed by atoms with van der Waals surface area (Å²) in [5, 5.41) is 5.96. The first kappa shape index (κ1) is 15.5. The Morgan fingerprint density at radius 1 is 1.29 bits per heavy atom. The molecule has 2 heterocycles. The Kier molecular flexibility index (Phi) is 4.43. The maximum absolute atomic E-state index is 12.3. The number of urea groups is 1. The lowest BCUT2D eigenvalue weighted by atomic mass is 10.1. The van der Waals surface area contributed by atoms with Crippen LogP contribution in [0.5, 0.6) is 0 Å². The molecule has 0 spiro atoms. The topological polar surface area (TPSA) is 53.6 Å². The van der Waals surface area contributed by atoms with Gasteiger partial charge in [0.1, 0.15) is 0 Å². The van der Waals surface area contributed by atoms with Crippen molar-refractivity contribution in [1.82, 2.24) is 5.32 Å². The molecule has 128 valence electrons. The second-order valence-electron chi connectivity index (χ2n) is 7.01. The molecule has 2 unspecified atom stereocenters. The van der Waals surface area contributed by atoms with Gasteiger partial charge in [0.15, 0.2) is 0 Å². The van der Waals surface area contributed by atoms with Gasteiger partial charge in [-0.2, -0.15) is 0 Å². The largest absolute Gasteiger partial charge is 0.377 e. The van der Waals surface area contributed by atoms with Gasteiger partial charge in [-0.15, -0.1) is 0 Å². The normalized spacial score (nSPS) is 25.5. The van der Waals surface area contributed by atoms with Gasteiger partial charge in [0.2, 0.25) is 0 Å². The molecule has 24 heavy (non-hydrogen) atoms. The van der Waals surface area contributed by atoms with Crippen LogP contribution >= 0.6 is 0 Å². The number of nitrogens with zero attached hydrogens (tertiary/aromatic N) is 1. The standard InChI is InChI=1S/C19H25N3O2/c23-19(20-11-15-4-3-9-24-13-15)21-17-5-1-2-6-18(17)22-12-14-7-8-16(22)10-14/h1-2,4-6,14,16H,3,7-13H2,(H2,20,21,23). The van der Waals surface area contributed by atoms with Crippen LogP contribution < -0.4 is 15.5 Å². The Bertz CT molecular complexity index is 643. The van der Waals surface area contributed by atoms with Crippen LogP contribution in [0.1, 0.15) is 25.7 Å². The van der Waals surface area contributed by atoms with Crippen LogP contribution in [0.15, 0.2) is 35.9 Å². The zero-order valence-electron chi connectivity index (χ0n) is 14.0. The molecule has 2 fully saturated rings. The Balaban J connectivity index is 1.39. The fourth-order valence-corrected chi connectivity index (χ4v) is 4.14. The van der Waals surface area contributed by atoms with Crippen molar-refractivity contribution < 1.29 is 9.53 Å². The van der Waals surface area contributed by atoms with Crippen LogP contribution in [0.4, 0.5) is 16.2 Å². The van der Waals surface area contributed by atoms with Crippen LogP contribution in [0.3, 0.4) is 0 Å². The summed E-state index contributed by atoms with van der Waals surface area (Å²) < 4.78 is 5.40. The molecule has 1 aliphatic carbocycles. The van der Waals surface area contributed by atoms with Crippen molar-refractivity contribution in [3.63, 3.8) is 0 Å². The highest BCUT2D eigenvalue weighted by Crippen LogP contribution is 2.42. The molecule has 2 N–H and O–H groups in total. The number of anilines is 2. The molecule has 1 saturated heterocycles. The molecule has 5 nitrogen and oxygen atoms in total. The van der Waals surface area contributed by atoms with Gasteiger partial charge in [0.05, 0.1) is 24.6 Å². The van der Waals surface area contributed by atoms with Gasteiger partial charge >= 0.3 is 6.03 Å². The van der Waals surface area contributed by atoms with E-state index < -0.39 is 0 Å². The maximum Gasteiger partial charge on any atom is 0.319 e. The number of hydrogen-bond acceptors (Lipinski definition) is 3. The van der Waals surface area contributed by atoms with Crippen LogP contribution in [0, 0.1) is 5.92 Å². The summed E-state index contributed by atoms with van der Waals surface area (Å²) in [6.45, 7) is 3.06. The number of ether oxygens (including phenoxy) is 1. The zero-order chi connectivity index (χ0) is 16.4. The summed E-state index contributed by atoms with van der Waals surface area (Å²) in [6, 6.07) is 8.63. The summed E-state index contributed by atoms with van der Waals surface area (Å²) in [6.07, 6.45) is 7.01. The van der Waals surface area contributed by atoms with Crippen LogP contribution in [0.25, 0.3) is 0 Å². The highest BCUT2D eigenvalue weighted by atomic mass is 16.5. The van der Waals surface area contributed by atoms with Gasteiger partial charge in [0, 0.05) is 19.1 Å². The average molecular weight is 327 g/mol. The van der Waals surface area contributed by atoms with Crippen molar-refractivity contribution in [2.75, 3.05) is 36.5 Å². The minimum Gasteiger partial charge on any atom is -0.377 e. The SMILES string of the molecule is O=C(NCC1=CCCOC1)Nc1ccccc1N1CC2CCC1C2. The van der Waals surface area contributed by atoms with E-state index in [1.54, 1.807) is 0 Å².